The minimum atomic E-state index is -1.17. The first-order valence-corrected chi connectivity index (χ1v) is 12.9. The summed E-state index contributed by atoms with van der Waals surface area (Å²) in [6, 6.07) is 12.1. The van der Waals surface area contributed by atoms with Crippen LogP contribution in [-0.4, -0.2) is 41.0 Å². The number of rotatable bonds is 9. The number of nitrogens with zero attached hydrogens (tertiary/aromatic N) is 2. The second-order valence-electron chi connectivity index (χ2n) is 10.6. The van der Waals surface area contributed by atoms with E-state index in [9.17, 15) is 19.6 Å². The number of ether oxygens (including phenoxy) is 1. The van der Waals surface area contributed by atoms with Crippen molar-refractivity contribution < 1.29 is 19.1 Å². The molecule has 0 aliphatic rings. The number of aryl methyl sites for hydroxylation is 2. The Morgan fingerprint density at radius 3 is 2.15 bits per heavy atom. The molecule has 2 aromatic carbocycles. The van der Waals surface area contributed by atoms with Crippen LogP contribution in [0.1, 0.15) is 69.3 Å². The van der Waals surface area contributed by atoms with Gasteiger partial charge in [0.2, 0.25) is 5.91 Å². The van der Waals surface area contributed by atoms with Crippen LogP contribution in [0.5, 0.6) is 0 Å². The van der Waals surface area contributed by atoms with Gasteiger partial charge in [0, 0.05) is 11.3 Å². The zero-order valence-corrected chi connectivity index (χ0v) is 23.8. The maximum atomic E-state index is 14.1. The van der Waals surface area contributed by atoms with Crippen molar-refractivity contribution >= 4 is 23.6 Å². The van der Waals surface area contributed by atoms with Crippen molar-refractivity contribution in [3.05, 3.63) is 64.7 Å². The van der Waals surface area contributed by atoms with E-state index in [1.807, 2.05) is 52.0 Å². The van der Waals surface area contributed by atoms with E-state index in [1.165, 1.54) is 4.90 Å². The third-order valence-electron chi connectivity index (χ3n) is 6.36. The molecule has 2 aromatic rings. The first-order valence-electron chi connectivity index (χ1n) is 12.9. The van der Waals surface area contributed by atoms with E-state index in [2.05, 4.69) is 16.6 Å². The highest BCUT2D eigenvalue weighted by Crippen LogP contribution is 2.28. The number of amides is 3. The summed E-state index contributed by atoms with van der Waals surface area (Å²) in [5.74, 6) is 1.17. The summed E-state index contributed by atoms with van der Waals surface area (Å²) in [6.45, 7) is 12.2. The lowest BCUT2D eigenvalue weighted by molar-refractivity contribution is -0.141. The average Bonchev–Trinajstić information content (AvgIpc) is 2.87. The Hall–Kier alpha value is -4.30. The van der Waals surface area contributed by atoms with Crippen molar-refractivity contribution in [1.29, 1.82) is 5.26 Å². The van der Waals surface area contributed by atoms with Gasteiger partial charge in [0.15, 0.2) is 0 Å². The molecule has 0 aromatic heterocycles. The van der Waals surface area contributed by atoms with Crippen molar-refractivity contribution in [3.63, 3.8) is 0 Å². The van der Waals surface area contributed by atoms with Gasteiger partial charge in [0.1, 0.15) is 24.2 Å². The second kappa shape index (κ2) is 13.5. The standard InChI is InChI=1S/C31H38N4O4/c1-9-20(3)26(34-30(38)39-31(6,7)8)29(37)35(19-18-32)27(24-16-14-23(10-2)15-17-24)28(36)33-25-21(4)12-11-13-22(25)5/h2,11-17,20,26-27H,9,19H2,1,3-8H3,(H,33,36)(H,34,38). The summed E-state index contributed by atoms with van der Waals surface area (Å²) in [5.41, 5.74) is 2.64. The van der Waals surface area contributed by atoms with Crippen molar-refractivity contribution in [3.8, 4) is 18.4 Å². The van der Waals surface area contributed by atoms with Crippen LogP contribution in [0.2, 0.25) is 0 Å². The van der Waals surface area contributed by atoms with Crippen LogP contribution in [-0.2, 0) is 14.3 Å². The summed E-state index contributed by atoms with van der Waals surface area (Å²) in [6.07, 6.45) is 5.32. The molecule has 2 rings (SSSR count). The molecule has 0 saturated heterocycles. The number of alkyl carbamates (subject to hydrolysis) is 1. The van der Waals surface area contributed by atoms with E-state index < -0.39 is 35.6 Å². The zero-order valence-electron chi connectivity index (χ0n) is 23.8. The van der Waals surface area contributed by atoms with Gasteiger partial charge >= 0.3 is 6.09 Å². The molecule has 3 unspecified atom stereocenters. The Balaban J connectivity index is 2.59. The molecule has 2 N–H and O–H groups in total. The molecule has 0 fully saturated rings. The lowest BCUT2D eigenvalue weighted by Crippen LogP contribution is -2.54. The monoisotopic (exact) mass is 530 g/mol. The number of nitrogens with one attached hydrogen (secondary N) is 2. The fourth-order valence-corrected chi connectivity index (χ4v) is 4.11. The number of nitriles is 1. The number of terminal acetylenes is 1. The fourth-order valence-electron chi connectivity index (χ4n) is 4.11. The maximum absolute atomic E-state index is 14.1. The lowest BCUT2D eigenvalue weighted by Gasteiger charge is -2.34. The molecule has 206 valence electrons. The van der Waals surface area contributed by atoms with E-state index in [0.29, 0.717) is 23.2 Å². The molecule has 0 aliphatic carbocycles. The lowest BCUT2D eigenvalue weighted by atomic mass is 9.95. The highest BCUT2D eigenvalue weighted by Gasteiger charge is 2.38. The number of benzene rings is 2. The summed E-state index contributed by atoms with van der Waals surface area (Å²) < 4.78 is 5.39. The van der Waals surface area contributed by atoms with Gasteiger partial charge in [-0.3, -0.25) is 9.59 Å². The molecule has 0 aliphatic heterocycles. The summed E-state index contributed by atoms with van der Waals surface area (Å²) in [5, 5.41) is 15.4. The fraction of sp³-hybridized carbons (Fsp3) is 0.419. The quantitative estimate of drug-likeness (QED) is 0.339. The normalized spacial score (nSPS) is 13.2. The largest absolute Gasteiger partial charge is 0.444 e. The van der Waals surface area contributed by atoms with Crippen molar-refractivity contribution in [2.75, 3.05) is 11.9 Å². The van der Waals surface area contributed by atoms with Crippen molar-refractivity contribution in [1.82, 2.24) is 10.2 Å². The van der Waals surface area contributed by atoms with Crippen LogP contribution >= 0.6 is 0 Å². The molecular weight excluding hydrogens is 492 g/mol. The minimum absolute atomic E-state index is 0.308. The van der Waals surface area contributed by atoms with E-state index in [-0.39, 0.29) is 12.5 Å². The second-order valence-corrected chi connectivity index (χ2v) is 10.6. The van der Waals surface area contributed by atoms with Gasteiger partial charge in [-0.25, -0.2) is 4.79 Å². The third-order valence-corrected chi connectivity index (χ3v) is 6.36. The number of hydrogen-bond donors (Lipinski definition) is 2. The molecule has 3 amide bonds. The van der Waals surface area contributed by atoms with E-state index >= 15 is 0 Å². The Bertz CT molecular complexity index is 1250. The van der Waals surface area contributed by atoms with E-state index in [4.69, 9.17) is 11.2 Å². The number of hydrogen-bond acceptors (Lipinski definition) is 5. The Morgan fingerprint density at radius 1 is 1.08 bits per heavy atom. The van der Waals surface area contributed by atoms with Crippen LogP contribution in [0.25, 0.3) is 0 Å². The van der Waals surface area contributed by atoms with Gasteiger partial charge in [0.05, 0.1) is 6.07 Å². The molecule has 0 saturated carbocycles. The summed E-state index contributed by atoms with van der Waals surface area (Å²) >= 11 is 0. The van der Waals surface area contributed by atoms with Crippen molar-refractivity contribution in [2.24, 2.45) is 5.92 Å². The van der Waals surface area contributed by atoms with E-state index in [0.717, 1.165) is 11.1 Å². The molecule has 3 atom stereocenters. The third kappa shape index (κ3) is 8.35. The van der Waals surface area contributed by atoms with Gasteiger partial charge in [-0.15, -0.1) is 6.42 Å². The Morgan fingerprint density at radius 2 is 1.67 bits per heavy atom. The topological polar surface area (TPSA) is 112 Å². The van der Waals surface area contributed by atoms with Gasteiger partial charge in [-0.05, 0) is 69.4 Å². The van der Waals surface area contributed by atoms with Crippen LogP contribution in [0.4, 0.5) is 10.5 Å². The molecule has 39 heavy (non-hydrogen) atoms. The van der Waals surface area contributed by atoms with Gasteiger partial charge in [-0.2, -0.15) is 5.26 Å². The number of para-hydroxylation sites is 1. The van der Waals surface area contributed by atoms with Crippen molar-refractivity contribution in [2.45, 2.75) is 72.6 Å². The van der Waals surface area contributed by atoms with Crippen LogP contribution in [0.3, 0.4) is 0 Å². The van der Waals surface area contributed by atoms with Crippen LogP contribution in [0.15, 0.2) is 42.5 Å². The first-order chi connectivity index (χ1) is 18.3. The smallest absolute Gasteiger partial charge is 0.408 e. The SMILES string of the molecule is C#Cc1ccc(C(C(=O)Nc2c(C)cccc2C)N(CC#N)C(=O)C(NC(=O)OC(C)(C)C)C(C)CC)cc1. The maximum Gasteiger partial charge on any atom is 0.408 e. The first kappa shape index (κ1) is 30.9. The molecule has 8 heteroatoms. The number of carbonyl (C=O) groups is 3. The predicted octanol–water partition coefficient (Wildman–Crippen LogP) is 5.26. The highest BCUT2D eigenvalue weighted by atomic mass is 16.6. The zero-order chi connectivity index (χ0) is 29.3. The van der Waals surface area contributed by atoms with Crippen LogP contribution in [0, 0.1) is 43.4 Å². The number of carbonyl (C=O) groups excluding carboxylic acids is 3. The van der Waals surface area contributed by atoms with E-state index in [1.54, 1.807) is 45.0 Å². The Kier molecular flexibility index (Phi) is 10.7. The molecule has 0 bridgehead atoms. The molecule has 0 heterocycles. The molecular formula is C31H38N4O4. The highest BCUT2D eigenvalue weighted by molar-refractivity contribution is 6.00. The predicted molar refractivity (Wildman–Crippen MR) is 152 cm³/mol. The average molecular weight is 531 g/mol. The molecule has 0 spiro atoms. The minimum Gasteiger partial charge on any atom is -0.444 e. The van der Waals surface area contributed by atoms with Crippen LogP contribution < -0.4 is 10.6 Å². The van der Waals surface area contributed by atoms with Gasteiger partial charge in [0.25, 0.3) is 5.91 Å². The summed E-state index contributed by atoms with van der Waals surface area (Å²) in [7, 11) is 0. The Labute approximate surface area is 231 Å². The molecule has 8 nitrogen and oxygen atoms in total. The van der Waals surface area contributed by atoms with Gasteiger partial charge in [-0.1, -0.05) is 56.5 Å². The van der Waals surface area contributed by atoms with Gasteiger partial charge < -0.3 is 20.3 Å². The number of anilines is 1. The summed E-state index contributed by atoms with van der Waals surface area (Å²) in [4.78, 5) is 41.8. The molecule has 0 radical (unpaired) electrons.